The molecule has 0 N–H and O–H groups in total. The molecular formula is C4H7F2N. The fraction of sp³-hybridized carbons (Fsp3) is 0.750. The highest BCUT2D eigenvalue weighted by atomic mass is 19.3. The first-order valence-corrected chi connectivity index (χ1v) is 2.12. The second-order valence-electron chi connectivity index (χ2n) is 1.12. The van der Waals surface area contributed by atoms with Gasteiger partial charge in [-0.3, -0.25) is 0 Å². The van der Waals surface area contributed by atoms with E-state index in [2.05, 4.69) is 4.99 Å². The van der Waals surface area contributed by atoms with E-state index in [1.165, 1.54) is 0 Å². The van der Waals surface area contributed by atoms with Gasteiger partial charge in [-0.15, -0.1) is 0 Å². The summed E-state index contributed by atoms with van der Waals surface area (Å²) < 4.78 is 21.9. The maximum Gasteiger partial charge on any atom is 0.360 e. The standard InChI is InChI=1S/C4H7F2N/c1-2-3-7-4(5)6/h2-3H2,1H3. The molecule has 0 aromatic heterocycles. The third kappa shape index (κ3) is 5.53. The molecule has 0 saturated carbocycles. The van der Waals surface area contributed by atoms with Crippen LogP contribution in [0.2, 0.25) is 0 Å². The van der Waals surface area contributed by atoms with E-state index in [-0.39, 0.29) is 6.54 Å². The van der Waals surface area contributed by atoms with Crippen LogP contribution in [-0.4, -0.2) is 12.8 Å². The van der Waals surface area contributed by atoms with Gasteiger partial charge in [0.25, 0.3) is 0 Å². The van der Waals surface area contributed by atoms with Gasteiger partial charge < -0.3 is 0 Å². The second-order valence-corrected chi connectivity index (χ2v) is 1.12. The molecule has 3 heteroatoms. The summed E-state index contributed by atoms with van der Waals surface area (Å²) in [4.78, 5) is 2.83. The molecule has 0 spiro atoms. The van der Waals surface area contributed by atoms with Crippen LogP contribution in [0, 0.1) is 0 Å². The summed E-state index contributed by atoms with van der Waals surface area (Å²) in [6.45, 7) is 2.04. The Kier molecular flexibility index (Phi) is 3.46. The molecule has 7 heavy (non-hydrogen) atoms. The zero-order valence-electron chi connectivity index (χ0n) is 4.12. The number of rotatable bonds is 2. The lowest BCUT2D eigenvalue weighted by molar-refractivity contribution is 0.604. The first kappa shape index (κ1) is 6.53. The molecular weight excluding hydrogens is 100 g/mol. The van der Waals surface area contributed by atoms with Crippen molar-refractivity contribution in [3.05, 3.63) is 0 Å². The van der Waals surface area contributed by atoms with Gasteiger partial charge in [0.15, 0.2) is 0 Å². The maximum absolute atomic E-state index is 11.0. The SMILES string of the molecule is CCCN=C(F)F. The van der Waals surface area contributed by atoms with Crippen LogP contribution < -0.4 is 0 Å². The molecule has 0 aromatic carbocycles. The van der Waals surface area contributed by atoms with Gasteiger partial charge in [-0.1, -0.05) is 6.92 Å². The van der Waals surface area contributed by atoms with Gasteiger partial charge in [0, 0.05) is 6.54 Å². The summed E-state index contributed by atoms with van der Waals surface area (Å²) in [6, 6.07) is 0. The van der Waals surface area contributed by atoms with E-state index in [1.807, 2.05) is 0 Å². The van der Waals surface area contributed by atoms with Gasteiger partial charge in [-0.25, -0.2) is 4.99 Å². The van der Waals surface area contributed by atoms with Gasteiger partial charge in [-0.05, 0) is 6.42 Å². The molecule has 42 valence electrons. The van der Waals surface area contributed by atoms with Crippen molar-refractivity contribution in [2.45, 2.75) is 13.3 Å². The molecule has 0 unspecified atom stereocenters. The van der Waals surface area contributed by atoms with Gasteiger partial charge >= 0.3 is 6.22 Å². The largest absolute Gasteiger partial charge is 0.360 e. The van der Waals surface area contributed by atoms with Crippen molar-refractivity contribution in [1.82, 2.24) is 0 Å². The highest BCUT2D eigenvalue weighted by Gasteiger charge is 1.83. The smallest absolute Gasteiger partial charge is 0.232 e. The third-order valence-corrected chi connectivity index (χ3v) is 0.455. The molecule has 0 fully saturated rings. The Morgan fingerprint density at radius 3 is 2.29 bits per heavy atom. The Bertz CT molecular complexity index is 66.1. The van der Waals surface area contributed by atoms with Crippen molar-refractivity contribution >= 4 is 6.22 Å². The normalized spacial score (nSPS) is 8.43. The van der Waals surface area contributed by atoms with E-state index in [1.54, 1.807) is 6.92 Å². The summed E-state index contributed by atoms with van der Waals surface area (Å²) in [5.41, 5.74) is 0. The monoisotopic (exact) mass is 107 g/mol. The van der Waals surface area contributed by atoms with Crippen LogP contribution >= 0.6 is 0 Å². The molecule has 0 aliphatic carbocycles. The predicted molar refractivity (Wildman–Crippen MR) is 24.8 cm³/mol. The summed E-state index contributed by atoms with van der Waals surface area (Å²) >= 11 is 0. The summed E-state index contributed by atoms with van der Waals surface area (Å²) in [5.74, 6) is 0. The van der Waals surface area contributed by atoms with E-state index in [4.69, 9.17) is 0 Å². The Hall–Kier alpha value is -0.470. The lowest BCUT2D eigenvalue weighted by atomic mass is 10.5. The number of hydrogen-bond donors (Lipinski definition) is 0. The first-order chi connectivity index (χ1) is 3.27. The molecule has 0 radical (unpaired) electrons. The van der Waals surface area contributed by atoms with Crippen LogP contribution in [0.3, 0.4) is 0 Å². The van der Waals surface area contributed by atoms with E-state index >= 15 is 0 Å². The fourth-order valence-electron chi connectivity index (χ4n) is 0.196. The lowest BCUT2D eigenvalue weighted by Gasteiger charge is -1.79. The van der Waals surface area contributed by atoms with E-state index in [0.29, 0.717) is 6.42 Å². The van der Waals surface area contributed by atoms with Crippen LogP contribution in [0.5, 0.6) is 0 Å². The number of nitrogens with zero attached hydrogens (tertiary/aromatic N) is 1. The summed E-state index contributed by atoms with van der Waals surface area (Å²) in [5, 5.41) is 0. The summed E-state index contributed by atoms with van der Waals surface area (Å²) in [6.07, 6.45) is -1.14. The van der Waals surface area contributed by atoms with Crippen LogP contribution in [0.4, 0.5) is 8.78 Å². The molecule has 1 nitrogen and oxygen atoms in total. The quantitative estimate of drug-likeness (QED) is 0.476. The van der Waals surface area contributed by atoms with Gasteiger partial charge in [0.05, 0.1) is 0 Å². The number of hydrogen-bond acceptors (Lipinski definition) is 1. The fourth-order valence-corrected chi connectivity index (χ4v) is 0.196. The van der Waals surface area contributed by atoms with Crippen LogP contribution in [-0.2, 0) is 0 Å². The molecule has 0 aliphatic rings. The third-order valence-electron chi connectivity index (χ3n) is 0.455. The Labute approximate surface area is 41.1 Å². The molecule has 0 aromatic rings. The molecule has 0 aliphatic heterocycles. The van der Waals surface area contributed by atoms with E-state index < -0.39 is 6.22 Å². The minimum Gasteiger partial charge on any atom is -0.232 e. The van der Waals surface area contributed by atoms with Gasteiger partial charge in [0.1, 0.15) is 0 Å². The number of aliphatic imine (C=N–C) groups is 1. The average molecular weight is 107 g/mol. The van der Waals surface area contributed by atoms with E-state index in [9.17, 15) is 8.78 Å². The molecule has 0 rings (SSSR count). The molecule has 0 bridgehead atoms. The van der Waals surface area contributed by atoms with Crippen molar-refractivity contribution in [1.29, 1.82) is 0 Å². The van der Waals surface area contributed by atoms with Crippen LogP contribution in [0.25, 0.3) is 0 Å². The van der Waals surface area contributed by atoms with Crippen LogP contribution in [0.15, 0.2) is 4.99 Å². The Morgan fingerprint density at radius 2 is 2.14 bits per heavy atom. The van der Waals surface area contributed by atoms with Gasteiger partial charge in [-0.2, -0.15) is 8.78 Å². The summed E-state index contributed by atoms with van der Waals surface area (Å²) in [7, 11) is 0. The highest BCUT2D eigenvalue weighted by molar-refractivity contribution is 5.63. The zero-order chi connectivity index (χ0) is 5.70. The van der Waals surface area contributed by atoms with Crippen molar-refractivity contribution in [2.75, 3.05) is 6.54 Å². The van der Waals surface area contributed by atoms with Crippen LogP contribution in [0.1, 0.15) is 13.3 Å². The highest BCUT2D eigenvalue weighted by Crippen LogP contribution is 1.83. The maximum atomic E-state index is 11.0. The van der Waals surface area contributed by atoms with Gasteiger partial charge in [0.2, 0.25) is 0 Å². The second kappa shape index (κ2) is 3.71. The first-order valence-electron chi connectivity index (χ1n) is 2.12. The Morgan fingerprint density at radius 1 is 1.57 bits per heavy atom. The lowest BCUT2D eigenvalue weighted by Crippen LogP contribution is -1.79. The molecule has 0 atom stereocenters. The Balaban J connectivity index is 3.08. The van der Waals surface area contributed by atoms with Crippen molar-refractivity contribution in [2.24, 2.45) is 4.99 Å². The zero-order valence-corrected chi connectivity index (χ0v) is 4.12. The minimum absolute atomic E-state index is 0.238. The van der Waals surface area contributed by atoms with Crippen molar-refractivity contribution in [3.8, 4) is 0 Å². The molecule has 0 saturated heterocycles. The number of halogens is 2. The van der Waals surface area contributed by atoms with Crippen molar-refractivity contribution in [3.63, 3.8) is 0 Å². The molecule has 0 heterocycles. The van der Waals surface area contributed by atoms with E-state index in [0.717, 1.165) is 0 Å². The predicted octanol–water partition coefficient (Wildman–Crippen LogP) is 1.69. The average Bonchev–Trinajstić information content (AvgIpc) is 1.61. The van der Waals surface area contributed by atoms with Crippen molar-refractivity contribution < 1.29 is 8.78 Å². The molecule has 0 amide bonds. The minimum atomic E-state index is -1.82. The topological polar surface area (TPSA) is 12.4 Å².